The van der Waals surface area contributed by atoms with Crippen LogP contribution >= 0.6 is 11.6 Å². The molecule has 1 aliphatic heterocycles. The van der Waals surface area contributed by atoms with Gasteiger partial charge in [0, 0.05) is 7.05 Å². The normalized spacial score (nSPS) is 18.0. The van der Waals surface area contributed by atoms with Crippen LogP contribution in [0.3, 0.4) is 0 Å². The van der Waals surface area contributed by atoms with E-state index < -0.39 is 35.8 Å². The maximum absolute atomic E-state index is 13.2. The van der Waals surface area contributed by atoms with Gasteiger partial charge in [0.1, 0.15) is 12.1 Å². The fraction of sp³-hybridized carbons (Fsp3) is 0.360. The van der Waals surface area contributed by atoms with Crippen molar-refractivity contribution in [2.45, 2.75) is 38.6 Å². The van der Waals surface area contributed by atoms with E-state index in [-0.39, 0.29) is 12.0 Å². The van der Waals surface area contributed by atoms with Gasteiger partial charge in [0.05, 0.1) is 17.3 Å². The molecule has 3 rings (SSSR count). The van der Waals surface area contributed by atoms with Gasteiger partial charge in [-0.05, 0) is 35.6 Å². The lowest BCUT2D eigenvalue weighted by atomic mass is 9.84. The molecule has 2 aromatic carbocycles. The molecule has 0 aromatic heterocycles. The van der Waals surface area contributed by atoms with E-state index in [1.807, 2.05) is 24.3 Å². The predicted octanol–water partition coefficient (Wildman–Crippen LogP) is 3.50. The maximum Gasteiger partial charge on any atom is 0.325 e. The van der Waals surface area contributed by atoms with Crippen LogP contribution in [-0.4, -0.2) is 53.7 Å². The van der Waals surface area contributed by atoms with Gasteiger partial charge < -0.3 is 15.5 Å². The van der Waals surface area contributed by atoms with Crippen molar-refractivity contribution in [3.63, 3.8) is 0 Å². The summed E-state index contributed by atoms with van der Waals surface area (Å²) in [5, 5.41) is 5.71. The SMILES string of the molecule is CN(CC(=O)Nc1ccccc1Cl)C(=O)CN1C(=O)NC(C)(c2ccc(C(C)(C)C)cc2)C1=O. The molecule has 1 atom stereocenters. The molecule has 34 heavy (non-hydrogen) atoms. The van der Waals surface area contributed by atoms with Crippen molar-refractivity contribution in [3.05, 3.63) is 64.7 Å². The molecule has 0 spiro atoms. The van der Waals surface area contributed by atoms with Gasteiger partial charge in [0.2, 0.25) is 11.8 Å². The molecule has 5 amide bonds. The van der Waals surface area contributed by atoms with Crippen molar-refractivity contribution < 1.29 is 19.2 Å². The molecule has 1 unspecified atom stereocenters. The average molecular weight is 485 g/mol. The summed E-state index contributed by atoms with van der Waals surface area (Å²) in [6, 6.07) is 13.6. The van der Waals surface area contributed by atoms with E-state index in [9.17, 15) is 19.2 Å². The first-order valence-electron chi connectivity index (χ1n) is 10.9. The molecule has 9 heteroatoms. The molecule has 2 aromatic rings. The Balaban J connectivity index is 1.65. The third kappa shape index (κ3) is 5.22. The second-order valence-corrected chi connectivity index (χ2v) is 9.96. The number of nitrogens with one attached hydrogen (secondary N) is 2. The molecule has 1 saturated heterocycles. The molecular weight excluding hydrogens is 456 g/mol. The number of rotatable bonds is 6. The highest BCUT2D eigenvalue weighted by molar-refractivity contribution is 6.33. The predicted molar refractivity (Wildman–Crippen MR) is 130 cm³/mol. The molecule has 0 aliphatic carbocycles. The number of benzene rings is 2. The molecule has 1 aliphatic rings. The van der Waals surface area contributed by atoms with Gasteiger partial charge in [-0.1, -0.05) is 68.8 Å². The highest BCUT2D eigenvalue weighted by Crippen LogP contribution is 2.31. The molecule has 1 heterocycles. The lowest BCUT2D eigenvalue weighted by Crippen LogP contribution is -2.45. The molecule has 0 radical (unpaired) electrons. The average Bonchev–Trinajstić information content (AvgIpc) is 2.98. The minimum Gasteiger partial charge on any atom is -0.335 e. The van der Waals surface area contributed by atoms with Gasteiger partial charge in [0.25, 0.3) is 5.91 Å². The summed E-state index contributed by atoms with van der Waals surface area (Å²) in [6.07, 6.45) is 0. The highest BCUT2D eigenvalue weighted by Gasteiger charge is 2.49. The zero-order chi connectivity index (χ0) is 25.3. The quantitative estimate of drug-likeness (QED) is 0.613. The van der Waals surface area contributed by atoms with Crippen LogP contribution in [0.4, 0.5) is 10.5 Å². The minimum absolute atomic E-state index is 0.0520. The van der Waals surface area contributed by atoms with E-state index in [2.05, 4.69) is 31.4 Å². The molecule has 0 bridgehead atoms. The van der Waals surface area contributed by atoms with Crippen molar-refractivity contribution >= 4 is 41.0 Å². The Bertz CT molecular complexity index is 1130. The number of hydrogen-bond donors (Lipinski definition) is 2. The highest BCUT2D eigenvalue weighted by atomic mass is 35.5. The lowest BCUT2D eigenvalue weighted by Gasteiger charge is -2.25. The topological polar surface area (TPSA) is 98.8 Å². The molecule has 0 saturated carbocycles. The first-order chi connectivity index (χ1) is 15.8. The molecular formula is C25H29ClN4O4. The van der Waals surface area contributed by atoms with Crippen LogP contribution in [0.2, 0.25) is 5.02 Å². The Morgan fingerprint density at radius 1 is 1.09 bits per heavy atom. The Morgan fingerprint density at radius 2 is 1.71 bits per heavy atom. The van der Waals surface area contributed by atoms with Crippen LogP contribution < -0.4 is 10.6 Å². The van der Waals surface area contributed by atoms with Crippen molar-refractivity contribution in [2.24, 2.45) is 0 Å². The monoisotopic (exact) mass is 484 g/mol. The van der Waals surface area contributed by atoms with Crippen LogP contribution in [0.1, 0.15) is 38.8 Å². The standard InChI is InChI=1S/C25H29ClN4O4/c1-24(2,3)16-10-12-17(13-11-16)25(4)22(33)30(23(34)28-25)15-21(32)29(5)14-20(31)27-19-9-7-6-8-18(19)26/h6-13H,14-15H2,1-5H3,(H,27,31)(H,28,34). The number of likely N-dealkylation sites (N-methyl/N-ethyl adjacent to an activating group) is 1. The number of urea groups is 1. The second-order valence-electron chi connectivity index (χ2n) is 9.55. The number of amides is 5. The number of halogens is 1. The first kappa shape index (κ1) is 25.2. The van der Waals surface area contributed by atoms with Gasteiger partial charge in [-0.15, -0.1) is 0 Å². The maximum atomic E-state index is 13.2. The summed E-state index contributed by atoms with van der Waals surface area (Å²) in [5.74, 6) is -1.53. The number of carbonyl (C=O) groups excluding carboxylic acids is 4. The van der Waals surface area contributed by atoms with E-state index in [0.29, 0.717) is 16.3 Å². The Labute approximate surface area is 204 Å². The summed E-state index contributed by atoms with van der Waals surface area (Å²) in [7, 11) is 1.43. The van der Waals surface area contributed by atoms with Crippen LogP contribution in [-0.2, 0) is 25.3 Å². The van der Waals surface area contributed by atoms with E-state index in [0.717, 1.165) is 15.4 Å². The van der Waals surface area contributed by atoms with E-state index in [4.69, 9.17) is 11.6 Å². The summed E-state index contributed by atoms with van der Waals surface area (Å²) in [6.45, 7) is 7.14. The van der Waals surface area contributed by atoms with E-state index in [1.165, 1.54) is 7.05 Å². The fourth-order valence-electron chi connectivity index (χ4n) is 3.65. The van der Waals surface area contributed by atoms with Gasteiger partial charge in [-0.25, -0.2) is 4.79 Å². The number of imide groups is 1. The molecule has 1 fully saturated rings. The number of anilines is 1. The van der Waals surface area contributed by atoms with Crippen LogP contribution in [0.15, 0.2) is 48.5 Å². The van der Waals surface area contributed by atoms with Gasteiger partial charge >= 0.3 is 6.03 Å². The Kier molecular flexibility index (Phi) is 7.02. The zero-order valence-electron chi connectivity index (χ0n) is 19.9. The summed E-state index contributed by atoms with van der Waals surface area (Å²) >= 11 is 6.04. The van der Waals surface area contributed by atoms with Crippen molar-refractivity contribution in [3.8, 4) is 0 Å². The fourth-order valence-corrected chi connectivity index (χ4v) is 3.83. The Hall–Kier alpha value is -3.39. The smallest absolute Gasteiger partial charge is 0.325 e. The van der Waals surface area contributed by atoms with Crippen LogP contribution in [0.25, 0.3) is 0 Å². The first-order valence-corrected chi connectivity index (χ1v) is 11.2. The van der Waals surface area contributed by atoms with E-state index >= 15 is 0 Å². The molecule has 180 valence electrons. The number of nitrogens with zero attached hydrogens (tertiary/aromatic N) is 2. The Morgan fingerprint density at radius 3 is 2.29 bits per heavy atom. The zero-order valence-corrected chi connectivity index (χ0v) is 20.7. The lowest BCUT2D eigenvalue weighted by molar-refractivity contribution is -0.139. The third-order valence-corrected chi connectivity index (χ3v) is 6.18. The van der Waals surface area contributed by atoms with E-state index in [1.54, 1.807) is 31.2 Å². The van der Waals surface area contributed by atoms with Crippen LogP contribution in [0, 0.1) is 0 Å². The summed E-state index contributed by atoms with van der Waals surface area (Å²) in [5.41, 5.74) is 0.816. The molecule has 2 N–H and O–H groups in total. The van der Waals surface area contributed by atoms with Crippen molar-refractivity contribution in [2.75, 3.05) is 25.5 Å². The summed E-state index contributed by atoms with van der Waals surface area (Å²) in [4.78, 5) is 52.8. The number of para-hydroxylation sites is 1. The van der Waals surface area contributed by atoms with Gasteiger partial charge in [0.15, 0.2) is 0 Å². The minimum atomic E-state index is -1.28. The van der Waals surface area contributed by atoms with Crippen molar-refractivity contribution in [1.29, 1.82) is 0 Å². The number of hydrogen-bond acceptors (Lipinski definition) is 4. The second kappa shape index (κ2) is 9.46. The summed E-state index contributed by atoms with van der Waals surface area (Å²) < 4.78 is 0. The third-order valence-electron chi connectivity index (χ3n) is 5.85. The van der Waals surface area contributed by atoms with Crippen LogP contribution in [0.5, 0.6) is 0 Å². The number of carbonyl (C=O) groups is 4. The van der Waals surface area contributed by atoms with Crippen molar-refractivity contribution in [1.82, 2.24) is 15.1 Å². The van der Waals surface area contributed by atoms with Gasteiger partial charge in [-0.3, -0.25) is 19.3 Å². The largest absolute Gasteiger partial charge is 0.335 e. The molecule has 8 nitrogen and oxygen atoms in total. The van der Waals surface area contributed by atoms with Gasteiger partial charge in [-0.2, -0.15) is 0 Å².